The molecule has 1 heterocycles. The number of hydrogen-bond donors (Lipinski definition) is 1. The molecule has 6 nitrogen and oxygen atoms in total. The van der Waals surface area contributed by atoms with Crippen molar-refractivity contribution in [3.8, 4) is 11.5 Å². The first-order valence-corrected chi connectivity index (χ1v) is 11.0. The van der Waals surface area contributed by atoms with Gasteiger partial charge in [-0.2, -0.15) is 0 Å². The van der Waals surface area contributed by atoms with E-state index in [1.165, 1.54) is 6.08 Å². The van der Waals surface area contributed by atoms with E-state index < -0.39 is 0 Å². The summed E-state index contributed by atoms with van der Waals surface area (Å²) in [6, 6.07) is 8.82. The molecule has 1 saturated heterocycles. The van der Waals surface area contributed by atoms with Crippen molar-refractivity contribution in [1.29, 1.82) is 0 Å². The lowest BCUT2D eigenvalue weighted by Gasteiger charge is -2.31. The first-order chi connectivity index (χ1) is 15.0. The molecule has 1 aliphatic heterocycles. The van der Waals surface area contributed by atoms with E-state index in [4.69, 9.17) is 37.4 Å². The molecule has 0 aromatic heterocycles. The topological polar surface area (TPSA) is 60.0 Å². The third-order valence-corrected chi connectivity index (χ3v) is 5.21. The van der Waals surface area contributed by atoms with Crippen molar-refractivity contribution in [2.24, 2.45) is 0 Å². The Morgan fingerprint density at radius 1 is 1.10 bits per heavy atom. The van der Waals surface area contributed by atoms with Gasteiger partial charge >= 0.3 is 0 Å². The van der Waals surface area contributed by atoms with E-state index in [2.05, 4.69) is 10.2 Å². The SMILES string of the molecule is CCOc1cc(N2CCOCC2)c(OCC)cc1NC(=O)C=Cc1ccc(Cl)cc1Cl. The van der Waals surface area contributed by atoms with Crippen molar-refractivity contribution in [2.45, 2.75) is 13.8 Å². The molecule has 0 atom stereocenters. The number of nitrogens with one attached hydrogen (secondary N) is 1. The van der Waals surface area contributed by atoms with Gasteiger partial charge < -0.3 is 24.4 Å². The van der Waals surface area contributed by atoms with E-state index in [1.807, 2.05) is 19.9 Å². The van der Waals surface area contributed by atoms with Gasteiger partial charge in [-0.3, -0.25) is 4.79 Å². The van der Waals surface area contributed by atoms with E-state index in [0.29, 0.717) is 59.2 Å². The fourth-order valence-corrected chi connectivity index (χ4v) is 3.69. The van der Waals surface area contributed by atoms with Crippen LogP contribution in [0.1, 0.15) is 19.4 Å². The fraction of sp³-hybridized carbons (Fsp3) is 0.348. The molecule has 1 fully saturated rings. The minimum atomic E-state index is -0.312. The predicted molar refractivity (Wildman–Crippen MR) is 126 cm³/mol. The third-order valence-electron chi connectivity index (χ3n) is 4.65. The lowest BCUT2D eigenvalue weighted by Crippen LogP contribution is -2.36. The highest BCUT2D eigenvalue weighted by Gasteiger charge is 2.20. The highest BCUT2D eigenvalue weighted by molar-refractivity contribution is 6.35. The number of anilines is 2. The molecule has 0 bridgehead atoms. The molecular weight excluding hydrogens is 439 g/mol. The molecule has 2 aromatic carbocycles. The van der Waals surface area contributed by atoms with E-state index in [9.17, 15) is 4.79 Å². The van der Waals surface area contributed by atoms with Crippen LogP contribution in [-0.2, 0) is 9.53 Å². The van der Waals surface area contributed by atoms with Crippen LogP contribution in [0.2, 0.25) is 10.0 Å². The van der Waals surface area contributed by atoms with Gasteiger partial charge in [0.25, 0.3) is 0 Å². The monoisotopic (exact) mass is 464 g/mol. The molecule has 166 valence electrons. The fourth-order valence-electron chi connectivity index (χ4n) is 3.22. The second-order valence-corrected chi connectivity index (χ2v) is 7.61. The summed E-state index contributed by atoms with van der Waals surface area (Å²) < 4.78 is 17.1. The van der Waals surface area contributed by atoms with Crippen LogP contribution in [0.4, 0.5) is 11.4 Å². The molecule has 0 unspecified atom stereocenters. The third kappa shape index (κ3) is 6.29. The minimum Gasteiger partial charge on any atom is -0.492 e. The number of morpholine rings is 1. The van der Waals surface area contributed by atoms with Gasteiger partial charge in [-0.05, 0) is 37.6 Å². The molecule has 0 radical (unpaired) electrons. The highest BCUT2D eigenvalue weighted by Crippen LogP contribution is 2.39. The number of nitrogens with zero attached hydrogens (tertiary/aromatic N) is 1. The molecule has 0 spiro atoms. The molecule has 3 rings (SSSR count). The molecule has 1 aliphatic rings. The largest absolute Gasteiger partial charge is 0.492 e. The van der Waals surface area contributed by atoms with E-state index in [0.717, 1.165) is 18.8 Å². The van der Waals surface area contributed by atoms with Crippen molar-refractivity contribution in [3.63, 3.8) is 0 Å². The maximum absolute atomic E-state index is 12.6. The van der Waals surface area contributed by atoms with Crippen molar-refractivity contribution < 1.29 is 19.0 Å². The summed E-state index contributed by atoms with van der Waals surface area (Å²) in [7, 11) is 0. The smallest absolute Gasteiger partial charge is 0.248 e. The second kappa shape index (κ2) is 11.3. The summed E-state index contributed by atoms with van der Waals surface area (Å²) in [5, 5.41) is 3.89. The van der Waals surface area contributed by atoms with Crippen molar-refractivity contribution in [1.82, 2.24) is 0 Å². The Labute approximate surface area is 192 Å². The summed E-state index contributed by atoms with van der Waals surface area (Å²) in [6.45, 7) is 7.65. The first kappa shape index (κ1) is 23.3. The molecule has 0 saturated carbocycles. The van der Waals surface area contributed by atoms with Gasteiger partial charge in [0, 0.05) is 41.3 Å². The Morgan fingerprint density at radius 2 is 1.81 bits per heavy atom. The number of carbonyl (C=O) groups excluding carboxylic acids is 1. The molecule has 8 heteroatoms. The number of halogens is 2. The predicted octanol–water partition coefficient (Wildman–Crippen LogP) is 5.28. The first-order valence-electron chi connectivity index (χ1n) is 10.2. The van der Waals surface area contributed by atoms with Gasteiger partial charge in [-0.1, -0.05) is 29.3 Å². The minimum absolute atomic E-state index is 0.312. The average molecular weight is 465 g/mol. The van der Waals surface area contributed by atoms with Gasteiger partial charge in [-0.15, -0.1) is 0 Å². The van der Waals surface area contributed by atoms with Crippen LogP contribution in [0.15, 0.2) is 36.4 Å². The van der Waals surface area contributed by atoms with Crippen LogP contribution in [0.5, 0.6) is 11.5 Å². The summed E-state index contributed by atoms with van der Waals surface area (Å²) in [6.07, 6.45) is 3.06. The van der Waals surface area contributed by atoms with Gasteiger partial charge in [0.15, 0.2) is 0 Å². The van der Waals surface area contributed by atoms with Crippen molar-refractivity contribution in [3.05, 3.63) is 52.0 Å². The summed E-state index contributed by atoms with van der Waals surface area (Å²) in [5.74, 6) is 0.958. The van der Waals surface area contributed by atoms with Gasteiger partial charge in [0.2, 0.25) is 5.91 Å². The molecule has 31 heavy (non-hydrogen) atoms. The molecule has 2 aromatic rings. The van der Waals surface area contributed by atoms with E-state index in [1.54, 1.807) is 30.3 Å². The number of ether oxygens (including phenoxy) is 3. The summed E-state index contributed by atoms with van der Waals surface area (Å²) >= 11 is 12.1. The number of benzene rings is 2. The van der Waals surface area contributed by atoms with Gasteiger partial charge in [0.05, 0.1) is 37.8 Å². The van der Waals surface area contributed by atoms with Crippen LogP contribution in [0, 0.1) is 0 Å². The number of hydrogen-bond acceptors (Lipinski definition) is 5. The van der Waals surface area contributed by atoms with Crippen LogP contribution >= 0.6 is 23.2 Å². The molecular formula is C23H26Cl2N2O4. The zero-order valence-corrected chi connectivity index (χ0v) is 19.1. The Bertz CT molecular complexity index is 943. The molecule has 1 N–H and O–H groups in total. The van der Waals surface area contributed by atoms with E-state index in [-0.39, 0.29) is 5.91 Å². The zero-order chi connectivity index (χ0) is 22.2. The van der Waals surface area contributed by atoms with Crippen molar-refractivity contribution in [2.75, 3.05) is 49.7 Å². The lowest BCUT2D eigenvalue weighted by molar-refractivity contribution is -0.111. The van der Waals surface area contributed by atoms with E-state index >= 15 is 0 Å². The summed E-state index contributed by atoms with van der Waals surface area (Å²) in [5.41, 5.74) is 2.16. The Kier molecular flexibility index (Phi) is 8.46. The average Bonchev–Trinajstić information content (AvgIpc) is 2.75. The number of amides is 1. The van der Waals surface area contributed by atoms with Gasteiger partial charge in [-0.25, -0.2) is 0 Å². The Hall–Kier alpha value is -2.41. The Balaban J connectivity index is 1.85. The van der Waals surface area contributed by atoms with Crippen LogP contribution in [0.25, 0.3) is 6.08 Å². The lowest BCUT2D eigenvalue weighted by atomic mass is 10.2. The second-order valence-electron chi connectivity index (χ2n) is 6.77. The number of carbonyl (C=O) groups is 1. The Morgan fingerprint density at radius 3 is 2.48 bits per heavy atom. The van der Waals surface area contributed by atoms with Gasteiger partial charge in [0.1, 0.15) is 11.5 Å². The normalized spacial score (nSPS) is 14.0. The maximum atomic E-state index is 12.6. The zero-order valence-electron chi connectivity index (χ0n) is 17.6. The van der Waals surface area contributed by atoms with Crippen LogP contribution < -0.4 is 19.7 Å². The number of rotatable bonds is 8. The van der Waals surface area contributed by atoms with Crippen molar-refractivity contribution >= 4 is 46.6 Å². The molecule has 1 amide bonds. The van der Waals surface area contributed by atoms with Crippen LogP contribution in [0.3, 0.4) is 0 Å². The summed E-state index contributed by atoms with van der Waals surface area (Å²) in [4.78, 5) is 14.8. The van der Waals surface area contributed by atoms with Crippen LogP contribution in [-0.4, -0.2) is 45.4 Å². The standard InChI is InChI=1S/C23H26Cl2N2O4/c1-3-30-21-15-20(27-9-11-29-12-10-27)22(31-4-2)14-19(21)26-23(28)8-6-16-5-7-17(24)13-18(16)25/h5-8,13-15H,3-4,9-12H2,1-2H3,(H,26,28). The highest BCUT2D eigenvalue weighted by atomic mass is 35.5. The quantitative estimate of drug-likeness (QED) is 0.538. The molecule has 0 aliphatic carbocycles. The maximum Gasteiger partial charge on any atom is 0.248 e.